The van der Waals surface area contributed by atoms with Gasteiger partial charge in [-0.2, -0.15) is 0 Å². The van der Waals surface area contributed by atoms with E-state index in [9.17, 15) is 4.79 Å². The second-order valence-electron chi connectivity index (χ2n) is 8.75. The Morgan fingerprint density at radius 2 is 1.87 bits per heavy atom. The van der Waals surface area contributed by atoms with Crippen molar-refractivity contribution in [2.24, 2.45) is 0 Å². The van der Waals surface area contributed by atoms with Crippen LogP contribution in [0.4, 0.5) is 0 Å². The molecule has 5 heteroatoms. The first-order valence-electron chi connectivity index (χ1n) is 11.3. The number of carbonyl (C=O) groups is 1. The minimum absolute atomic E-state index is 0.0362. The molecule has 0 saturated heterocycles. The van der Waals surface area contributed by atoms with E-state index in [1.54, 1.807) is 0 Å². The predicted octanol–water partition coefficient (Wildman–Crippen LogP) is 4.68. The minimum Gasteiger partial charge on any atom is -0.349 e. The lowest BCUT2D eigenvalue weighted by molar-refractivity contribution is 0.0928. The van der Waals surface area contributed by atoms with Crippen molar-refractivity contribution in [2.75, 3.05) is 6.54 Å². The van der Waals surface area contributed by atoms with E-state index in [0.29, 0.717) is 12.1 Å². The summed E-state index contributed by atoms with van der Waals surface area (Å²) < 4.78 is 2.31. The molecule has 1 aromatic heterocycles. The topological polar surface area (TPSA) is 50.2 Å². The summed E-state index contributed by atoms with van der Waals surface area (Å²) in [5.41, 5.74) is 4.11. The standard InChI is InChI=1S/C25H30N4O/c1-18(19-8-4-2-5-9-19)28-14-15-29-23-13-12-20(16-22(23)27-24(29)17-28)25(30)26-21-10-6-3-7-11-21/h2,4-5,8-9,12-13,16,18,21H,3,6-7,10-11,14-15,17H2,1H3,(H,26,30)/t18-/m0/s1. The fourth-order valence-electron chi connectivity index (χ4n) is 4.97. The molecule has 2 aromatic carbocycles. The maximum atomic E-state index is 12.7. The molecule has 0 bridgehead atoms. The fourth-order valence-corrected chi connectivity index (χ4v) is 4.97. The molecule has 1 atom stereocenters. The van der Waals surface area contributed by atoms with Crippen molar-refractivity contribution in [1.82, 2.24) is 19.8 Å². The van der Waals surface area contributed by atoms with Crippen molar-refractivity contribution in [3.05, 3.63) is 65.5 Å². The molecule has 1 aliphatic heterocycles. The highest BCUT2D eigenvalue weighted by Gasteiger charge is 2.25. The van der Waals surface area contributed by atoms with Crippen molar-refractivity contribution >= 4 is 16.9 Å². The van der Waals surface area contributed by atoms with Crippen molar-refractivity contribution in [3.63, 3.8) is 0 Å². The zero-order valence-electron chi connectivity index (χ0n) is 17.7. The molecule has 1 aliphatic carbocycles. The van der Waals surface area contributed by atoms with E-state index in [4.69, 9.17) is 4.98 Å². The molecule has 1 saturated carbocycles. The number of benzene rings is 2. The highest BCUT2D eigenvalue weighted by molar-refractivity contribution is 5.97. The summed E-state index contributed by atoms with van der Waals surface area (Å²) >= 11 is 0. The Hall–Kier alpha value is -2.66. The summed E-state index contributed by atoms with van der Waals surface area (Å²) in [7, 11) is 0. The first-order chi connectivity index (χ1) is 14.7. The summed E-state index contributed by atoms with van der Waals surface area (Å²) in [6, 6.07) is 17.3. The van der Waals surface area contributed by atoms with Gasteiger partial charge in [-0.3, -0.25) is 9.69 Å². The number of imidazole rings is 1. The summed E-state index contributed by atoms with van der Waals surface area (Å²) in [6.07, 6.45) is 5.92. The molecule has 1 amide bonds. The Balaban J connectivity index is 1.34. The van der Waals surface area contributed by atoms with Gasteiger partial charge in [0.05, 0.1) is 17.6 Å². The molecule has 2 heterocycles. The number of aromatic nitrogens is 2. The predicted molar refractivity (Wildman–Crippen MR) is 119 cm³/mol. The van der Waals surface area contributed by atoms with E-state index in [1.165, 1.54) is 24.8 Å². The van der Waals surface area contributed by atoms with Gasteiger partial charge in [0, 0.05) is 30.7 Å². The molecule has 30 heavy (non-hydrogen) atoms. The Kier molecular flexibility index (Phi) is 5.30. The molecule has 0 unspecified atom stereocenters. The second kappa shape index (κ2) is 8.23. The Morgan fingerprint density at radius 3 is 2.67 bits per heavy atom. The van der Waals surface area contributed by atoms with E-state index >= 15 is 0 Å². The van der Waals surface area contributed by atoms with E-state index in [2.05, 4.69) is 58.1 Å². The van der Waals surface area contributed by atoms with E-state index in [0.717, 1.165) is 54.9 Å². The highest BCUT2D eigenvalue weighted by atomic mass is 16.1. The summed E-state index contributed by atoms with van der Waals surface area (Å²) in [6.45, 7) is 5.02. The van der Waals surface area contributed by atoms with Crippen LogP contribution in [0.2, 0.25) is 0 Å². The highest BCUT2D eigenvalue weighted by Crippen LogP contribution is 2.28. The number of nitrogens with zero attached hydrogens (tertiary/aromatic N) is 3. The van der Waals surface area contributed by atoms with Crippen LogP contribution in [0, 0.1) is 0 Å². The van der Waals surface area contributed by atoms with Crippen LogP contribution in [-0.4, -0.2) is 32.9 Å². The monoisotopic (exact) mass is 402 g/mol. The molecular formula is C25H30N4O. The lowest BCUT2D eigenvalue weighted by atomic mass is 9.95. The number of carbonyl (C=O) groups excluding carboxylic acids is 1. The maximum Gasteiger partial charge on any atom is 0.251 e. The van der Waals surface area contributed by atoms with Crippen LogP contribution in [0.5, 0.6) is 0 Å². The molecule has 3 aromatic rings. The van der Waals surface area contributed by atoms with E-state index in [-0.39, 0.29) is 5.91 Å². The molecule has 0 radical (unpaired) electrons. The zero-order valence-corrected chi connectivity index (χ0v) is 17.7. The zero-order chi connectivity index (χ0) is 20.5. The third-order valence-corrected chi connectivity index (χ3v) is 6.81. The Morgan fingerprint density at radius 1 is 1.07 bits per heavy atom. The lowest BCUT2D eigenvalue weighted by Gasteiger charge is -2.33. The van der Waals surface area contributed by atoms with Gasteiger partial charge in [-0.05, 0) is 43.5 Å². The number of hydrogen-bond acceptors (Lipinski definition) is 3. The molecule has 0 spiro atoms. The van der Waals surface area contributed by atoms with Crippen LogP contribution >= 0.6 is 0 Å². The average Bonchev–Trinajstić information content (AvgIpc) is 3.16. The second-order valence-corrected chi connectivity index (χ2v) is 8.75. The minimum atomic E-state index is 0.0362. The maximum absolute atomic E-state index is 12.7. The fraction of sp³-hybridized carbons (Fsp3) is 0.440. The van der Waals surface area contributed by atoms with Gasteiger partial charge in [0.1, 0.15) is 5.82 Å². The van der Waals surface area contributed by atoms with Crippen molar-refractivity contribution in [2.45, 2.75) is 64.2 Å². The number of hydrogen-bond donors (Lipinski definition) is 1. The van der Waals surface area contributed by atoms with Gasteiger partial charge >= 0.3 is 0 Å². The first-order valence-corrected chi connectivity index (χ1v) is 11.3. The van der Waals surface area contributed by atoms with E-state index in [1.807, 2.05) is 12.1 Å². The van der Waals surface area contributed by atoms with Crippen LogP contribution in [0.3, 0.4) is 0 Å². The first kappa shape index (κ1) is 19.3. The molecule has 156 valence electrons. The largest absolute Gasteiger partial charge is 0.349 e. The Bertz CT molecular complexity index is 1040. The third-order valence-electron chi connectivity index (χ3n) is 6.81. The van der Waals surface area contributed by atoms with Crippen molar-refractivity contribution < 1.29 is 4.79 Å². The van der Waals surface area contributed by atoms with Crippen LogP contribution in [0.1, 0.15) is 66.8 Å². The molecular weight excluding hydrogens is 372 g/mol. The third kappa shape index (κ3) is 3.74. The molecule has 5 rings (SSSR count). The van der Waals surface area contributed by atoms with Gasteiger partial charge in [-0.25, -0.2) is 4.98 Å². The average molecular weight is 403 g/mol. The van der Waals surface area contributed by atoms with Gasteiger partial charge in [0.15, 0.2) is 0 Å². The van der Waals surface area contributed by atoms with Gasteiger partial charge in [0.25, 0.3) is 5.91 Å². The number of rotatable bonds is 4. The van der Waals surface area contributed by atoms with Crippen LogP contribution in [0.25, 0.3) is 11.0 Å². The van der Waals surface area contributed by atoms with Crippen molar-refractivity contribution in [1.29, 1.82) is 0 Å². The number of nitrogens with one attached hydrogen (secondary N) is 1. The van der Waals surface area contributed by atoms with Crippen LogP contribution in [0.15, 0.2) is 48.5 Å². The lowest BCUT2D eigenvalue weighted by Crippen LogP contribution is -2.36. The van der Waals surface area contributed by atoms with Crippen molar-refractivity contribution in [3.8, 4) is 0 Å². The smallest absolute Gasteiger partial charge is 0.251 e. The van der Waals surface area contributed by atoms with Crippen LogP contribution < -0.4 is 5.32 Å². The molecule has 1 N–H and O–H groups in total. The van der Waals surface area contributed by atoms with E-state index < -0.39 is 0 Å². The molecule has 2 aliphatic rings. The summed E-state index contributed by atoms with van der Waals surface area (Å²) in [5, 5.41) is 3.22. The van der Waals surface area contributed by atoms with Crippen LogP contribution in [-0.2, 0) is 13.1 Å². The quantitative estimate of drug-likeness (QED) is 0.690. The van der Waals surface area contributed by atoms with Gasteiger partial charge in [-0.15, -0.1) is 0 Å². The SMILES string of the molecule is C[C@@H](c1ccccc1)N1CCn2c(nc3cc(C(=O)NC4CCCCC4)ccc32)C1. The van der Waals surface area contributed by atoms with Gasteiger partial charge in [0.2, 0.25) is 0 Å². The Labute approximate surface area is 178 Å². The molecule has 5 nitrogen and oxygen atoms in total. The molecule has 1 fully saturated rings. The summed E-state index contributed by atoms with van der Waals surface area (Å²) in [4.78, 5) is 20.1. The normalized spacial score (nSPS) is 18.8. The summed E-state index contributed by atoms with van der Waals surface area (Å²) in [5.74, 6) is 1.12. The van der Waals surface area contributed by atoms with Gasteiger partial charge in [-0.1, -0.05) is 49.6 Å². The number of amides is 1. The number of fused-ring (bicyclic) bond motifs is 3. The van der Waals surface area contributed by atoms with Gasteiger partial charge < -0.3 is 9.88 Å².